The van der Waals surface area contributed by atoms with Gasteiger partial charge >= 0.3 is 23.9 Å². The van der Waals surface area contributed by atoms with Crippen LogP contribution in [0.15, 0.2) is 36.4 Å². The van der Waals surface area contributed by atoms with Gasteiger partial charge in [0.1, 0.15) is 0 Å². The van der Waals surface area contributed by atoms with E-state index in [2.05, 4.69) is 4.74 Å². The molecule has 2 aromatic rings. The minimum absolute atomic E-state index is 0.131. The number of esters is 2. The van der Waals surface area contributed by atoms with Crippen molar-refractivity contribution in [3.63, 3.8) is 0 Å². The van der Waals surface area contributed by atoms with E-state index < -0.39 is 23.9 Å². The molecule has 0 heterocycles. The van der Waals surface area contributed by atoms with Crippen molar-refractivity contribution < 1.29 is 34.1 Å². The maximum atomic E-state index is 12.0. The van der Waals surface area contributed by atoms with Gasteiger partial charge in [-0.3, -0.25) is 0 Å². The molecule has 9 heteroatoms. The number of aromatic carboxylic acids is 2. The van der Waals surface area contributed by atoms with Crippen LogP contribution in [0.5, 0.6) is 0 Å². The topological polar surface area (TPSA) is 170 Å². The van der Waals surface area contributed by atoms with Crippen LogP contribution < -0.4 is 11.5 Å². The number of benzene rings is 2. The van der Waals surface area contributed by atoms with Crippen molar-refractivity contribution in [1.82, 2.24) is 0 Å². The molecule has 6 N–H and O–H groups in total. The summed E-state index contributed by atoms with van der Waals surface area (Å²) in [4.78, 5) is 45.7. The summed E-state index contributed by atoms with van der Waals surface area (Å²) in [6, 6.07) is 6.61. The van der Waals surface area contributed by atoms with Gasteiger partial charge in [-0.25, -0.2) is 19.2 Å². The molecule has 0 spiro atoms. The Balaban J connectivity index is 2.22. The molecular formula is C16H12N2O7. The lowest BCUT2D eigenvalue weighted by Crippen LogP contribution is -2.16. The Morgan fingerprint density at radius 1 is 0.720 bits per heavy atom. The fourth-order valence-corrected chi connectivity index (χ4v) is 1.96. The SMILES string of the molecule is Nc1cc(C(=O)O)ccc1C(=O)OC(=O)c1ccc(C(=O)O)cc1N. The second kappa shape index (κ2) is 6.71. The summed E-state index contributed by atoms with van der Waals surface area (Å²) in [6.45, 7) is 0. The highest BCUT2D eigenvalue weighted by molar-refractivity contribution is 6.07. The monoisotopic (exact) mass is 344 g/mol. The predicted molar refractivity (Wildman–Crippen MR) is 85.4 cm³/mol. The van der Waals surface area contributed by atoms with Gasteiger partial charge in [-0.2, -0.15) is 0 Å². The zero-order valence-corrected chi connectivity index (χ0v) is 12.6. The lowest BCUT2D eigenvalue weighted by atomic mass is 10.1. The average molecular weight is 344 g/mol. The summed E-state index contributed by atoms with van der Waals surface area (Å²) >= 11 is 0. The quantitative estimate of drug-likeness (QED) is 0.362. The number of nitrogen functional groups attached to an aromatic ring is 2. The van der Waals surface area contributed by atoms with Crippen LogP contribution in [0.25, 0.3) is 0 Å². The number of hydrogen-bond donors (Lipinski definition) is 4. The molecule has 128 valence electrons. The first kappa shape index (κ1) is 17.5. The highest BCUT2D eigenvalue weighted by Crippen LogP contribution is 2.19. The third-order valence-corrected chi connectivity index (χ3v) is 3.22. The molecule has 0 bridgehead atoms. The zero-order valence-electron chi connectivity index (χ0n) is 12.6. The summed E-state index contributed by atoms with van der Waals surface area (Å²) in [5.41, 5.74) is 10.2. The molecule has 0 aliphatic carbocycles. The summed E-state index contributed by atoms with van der Waals surface area (Å²) in [5, 5.41) is 17.7. The van der Waals surface area contributed by atoms with E-state index in [4.69, 9.17) is 21.7 Å². The molecule has 0 saturated heterocycles. The maximum Gasteiger partial charge on any atom is 0.348 e. The van der Waals surface area contributed by atoms with Gasteiger partial charge in [0.05, 0.1) is 22.3 Å². The molecule has 25 heavy (non-hydrogen) atoms. The van der Waals surface area contributed by atoms with Crippen molar-refractivity contribution in [3.05, 3.63) is 58.7 Å². The van der Waals surface area contributed by atoms with Crippen molar-refractivity contribution >= 4 is 35.3 Å². The van der Waals surface area contributed by atoms with Gasteiger partial charge in [-0.1, -0.05) is 0 Å². The molecule has 0 fully saturated rings. The van der Waals surface area contributed by atoms with E-state index >= 15 is 0 Å². The summed E-state index contributed by atoms with van der Waals surface area (Å²) in [5.74, 6) is -4.65. The Bertz CT molecular complexity index is 832. The second-order valence-corrected chi connectivity index (χ2v) is 4.89. The normalized spacial score (nSPS) is 10.1. The number of anilines is 2. The number of carbonyl (C=O) groups is 4. The lowest BCUT2D eigenvalue weighted by molar-refractivity contribution is 0.0397. The molecule has 9 nitrogen and oxygen atoms in total. The van der Waals surface area contributed by atoms with Crippen LogP contribution in [-0.2, 0) is 4.74 Å². The highest BCUT2D eigenvalue weighted by Gasteiger charge is 2.20. The molecule has 0 atom stereocenters. The lowest BCUT2D eigenvalue weighted by Gasteiger charge is -2.08. The molecule has 0 aliphatic rings. The molecular weight excluding hydrogens is 332 g/mol. The third-order valence-electron chi connectivity index (χ3n) is 3.22. The highest BCUT2D eigenvalue weighted by atomic mass is 16.6. The number of hydrogen-bond acceptors (Lipinski definition) is 7. The Hall–Kier alpha value is -3.88. The van der Waals surface area contributed by atoms with E-state index in [1.807, 2.05) is 0 Å². The van der Waals surface area contributed by atoms with Crippen LogP contribution >= 0.6 is 0 Å². The smallest absolute Gasteiger partial charge is 0.348 e. The molecule has 0 radical (unpaired) electrons. The Labute approximate surface area is 140 Å². The fraction of sp³-hybridized carbons (Fsp3) is 0. The first-order chi connectivity index (χ1) is 11.7. The first-order valence-corrected chi connectivity index (χ1v) is 6.73. The molecule has 0 saturated carbocycles. The molecule has 2 rings (SSSR count). The Morgan fingerprint density at radius 2 is 1.08 bits per heavy atom. The molecule has 0 unspecified atom stereocenters. The fourth-order valence-electron chi connectivity index (χ4n) is 1.96. The van der Waals surface area contributed by atoms with Crippen LogP contribution in [0.1, 0.15) is 41.4 Å². The van der Waals surface area contributed by atoms with E-state index in [-0.39, 0.29) is 33.6 Å². The van der Waals surface area contributed by atoms with Gasteiger partial charge in [-0.05, 0) is 36.4 Å². The third kappa shape index (κ3) is 3.72. The van der Waals surface area contributed by atoms with Crippen molar-refractivity contribution in [2.24, 2.45) is 0 Å². The minimum atomic E-state index is -1.23. The van der Waals surface area contributed by atoms with Crippen molar-refractivity contribution in [2.75, 3.05) is 11.5 Å². The number of nitrogens with two attached hydrogens (primary N) is 2. The van der Waals surface area contributed by atoms with Gasteiger partial charge in [0.15, 0.2) is 0 Å². The van der Waals surface area contributed by atoms with E-state index in [0.29, 0.717) is 0 Å². The van der Waals surface area contributed by atoms with Crippen LogP contribution in [0.3, 0.4) is 0 Å². The van der Waals surface area contributed by atoms with E-state index in [9.17, 15) is 19.2 Å². The molecule has 0 aliphatic heterocycles. The first-order valence-electron chi connectivity index (χ1n) is 6.73. The summed E-state index contributed by atoms with van der Waals surface area (Å²) < 4.78 is 4.65. The molecule has 0 amide bonds. The standard InChI is InChI=1S/C16H12N2O7/c17-11-5-7(13(19)20)1-3-9(11)15(23)25-16(24)10-4-2-8(14(21)22)6-12(10)18/h1-6H,17-18H2,(H,19,20)(H,21,22). The Morgan fingerprint density at radius 3 is 1.36 bits per heavy atom. The van der Waals surface area contributed by atoms with Crippen molar-refractivity contribution in [3.8, 4) is 0 Å². The van der Waals surface area contributed by atoms with Gasteiger partial charge in [0, 0.05) is 11.4 Å². The zero-order chi connectivity index (χ0) is 18.7. The minimum Gasteiger partial charge on any atom is -0.478 e. The van der Waals surface area contributed by atoms with Gasteiger partial charge in [0.2, 0.25) is 0 Å². The van der Waals surface area contributed by atoms with E-state index in [1.54, 1.807) is 0 Å². The molecule has 2 aromatic carbocycles. The van der Waals surface area contributed by atoms with Crippen LogP contribution in [0, 0.1) is 0 Å². The van der Waals surface area contributed by atoms with Crippen LogP contribution in [0.4, 0.5) is 11.4 Å². The van der Waals surface area contributed by atoms with Crippen molar-refractivity contribution in [2.45, 2.75) is 0 Å². The largest absolute Gasteiger partial charge is 0.478 e. The maximum absolute atomic E-state index is 12.0. The summed E-state index contributed by atoms with van der Waals surface area (Å²) in [6.07, 6.45) is 0. The number of ether oxygens (including phenoxy) is 1. The number of carboxylic acid groups (broad SMARTS) is 2. The van der Waals surface area contributed by atoms with E-state index in [1.165, 1.54) is 0 Å². The van der Waals surface area contributed by atoms with Gasteiger partial charge < -0.3 is 26.4 Å². The second-order valence-electron chi connectivity index (χ2n) is 4.89. The predicted octanol–water partition coefficient (Wildman–Crippen LogP) is 1.24. The number of carbonyl (C=O) groups excluding carboxylic acids is 2. The van der Waals surface area contributed by atoms with Crippen LogP contribution in [0.2, 0.25) is 0 Å². The number of rotatable bonds is 4. The number of carboxylic acids is 2. The van der Waals surface area contributed by atoms with E-state index in [0.717, 1.165) is 36.4 Å². The Kier molecular flexibility index (Phi) is 4.69. The van der Waals surface area contributed by atoms with Crippen LogP contribution in [-0.4, -0.2) is 34.1 Å². The molecule has 0 aromatic heterocycles. The van der Waals surface area contributed by atoms with Gasteiger partial charge in [0.25, 0.3) is 0 Å². The van der Waals surface area contributed by atoms with Gasteiger partial charge in [-0.15, -0.1) is 0 Å². The average Bonchev–Trinajstić information content (AvgIpc) is 2.53. The van der Waals surface area contributed by atoms with Crippen molar-refractivity contribution in [1.29, 1.82) is 0 Å². The summed E-state index contributed by atoms with van der Waals surface area (Å²) in [7, 11) is 0.